The molecule has 4 rings (SSSR count). The monoisotopic (exact) mass is 546 g/mol. The van der Waals surface area contributed by atoms with Crippen LogP contribution in [0, 0.1) is 12.7 Å². The average Bonchev–Trinajstić information content (AvgIpc) is 3.36. The van der Waals surface area contributed by atoms with Gasteiger partial charge in [0.05, 0.1) is 17.5 Å². The quantitative estimate of drug-likeness (QED) is 0.333. The Morgan fingerprint density at radius 1 is 1.19 bits per heavy atom. The lowest BCUT2D eigenvalue weighted by Gasteiger charge is -2.37. The summed E-state index contributed by atoms with van der Waals surface area (Å²) < 4.78 is 52.9. The van der Waals surface area contributed by atoms with Crippen molar-refractivity contribution in [3.05, 3.63) is 81.8 Å². The number of halogens is 1. The van der Waals surface area contributed by atoms with Crippen molar-refractivity contribution in [1.29, 1.82) is 0 Å². The number of hydrogen-bond acceptors (Lipinski definition) is 6. The van der Waals surface area contributed by atoms with Crippen LogP contribution >= 0.6 is 11.3 Å². The van der Waals surface area contributed by atoms with Gasteiger partial charge in [0.1, 0.15) is 18.2 Å². The number of amides is 1. The highest BCUT2D eigenvalue weighted by Crippen LogP contribution is 2.34. The van der Waals surface area contributed by atoms with Gasteiger partial charge in [0.25, 0.3) is 0 Å². The SMILES string of the molecule is COCCCN(CC(=O)N1CCc2sccc2[C@H]1COc1cccc(F)c1)S(=O)(=O)c1ccc(C)cc1. The molecule has 7 nitrogen and oxygen atoms in total. The first-order chi connectivity index (χ1) is 17.8. The van der Waals surface area contributed by atoms with E-state index in [0.717, 1.165) is 11.1 Å². The van der Waals surface area contributed by atoms with Gasteiger partial charge >= 0.3 is 0 Å². The minimum absolute atomic E-state index is 0.132. The van der Waals surface area contributed by atoms with Gasteiger partial charge < -0.3 is 14.4 Å². The van der Waals surface area contributed by atoms with Crippen LogP contribution in [0.1, 0.15) is 28.5 Å². The number of sulfonamides is 1. The molecule has 1 aromatic heterocycles. The first-order valence-corrected chi connectivity index (χ1v) is 14.4. The predicted octanol–water partition coefficient (Wildman–Crippen LogP) is 4.43. The minimum atomic E-state index is -3.90. The van der Waals surface area contributed by atoms with Crippen LogP contribution in [-0.2, 0) is 26.0 Å². The second kappa shape index (κ2) is 12.2. The zero-order chi connectivity index (χ0) is 26.4. The van der Waals surface area contributed by atoms with Crippen LogP contribution < -0.4 is 4.74 Å². The molecule has 0 fully saturated rings. The van der Waals surface area contributed by atoms with Crippen molar-refractivity contribution >= 4 is 27.3 Å². The van der Waals surface area contributed by atoms with Crippen LogP contribution in [0.15, 0.2) is 64.9 Å². The number of fused-ring (bicyclic) bond motifs is 1. The zero-order valence-corrected chi connectivity index (χ0v) is 22.6. The van der Waals surface area contributed by atoms with Crippen molar-refractivity contribution in [2.75, 3.05) is 40.0 Å². The first-order valence-electron chi connectivity index (χ1n) is 12.1. The fourth-order valence-electron chi connectivity index (χ4n) is 4.38. The molecule has 37 heavy (non-hydrogen) atoms. The van der Waals surface area contributed by atoms with Gasteiger partial charge in [-0.3, -0.25) is 4.79 Å². The topological polar surface area (TPSA) is 76.2 Å². The summed E-state index contributed by atoms with van der Waals surface area (Å²) in [6.07, 6.45) is 1.14. The molecule has 10 heteroatoms. The van der Waals surface area contributed by atoms with Crippen LogP contribution in [0.2, 0.25) is 0 Å². The summed E-state index contributed by atoms with van der Waals surface area (Å²) in [5.74, 6) is -0.339. The van der Waals surface area contributed by atoms with Crippen LogP contribution in [0.25, 0.3) is 0 Å². The van der Waals surface area contributed by atoms with Gasteiger partial charge in [0.2, 0.25) is 15.9 Å². The molecule has 0 radical (unpaired) electrons. The van der Waals surface area contributed by atoms with E-state index >= 15 is 0 Å². The first kappa shape index (κ1) is 27.3. The molecular formula is C27H31FN2O5S2. The van der Waals surface area contributed by atoms with E-state index in [4.69, 9.17) is 9.47 Å². The molecule has 3 aromatic rings. The molecule has 2 heterocycles. The molecule has 198 valence electrons. The highest BCUT2D eigenvalue weighted by molar-refractivity contribution is 7.89. The number of aryl methyl sites for hydroxylation is 1. The number of hydrogen-bond donors (Lipinski definition) is 0. The predicted molar refractivity (Wildman–Crippen MR) is 141 cm³/mol. The van der Waals surface area contributed by atoms with E-state index in [1.165, 1.54) is 21.3 Å². The molecule has 2 aromatic carbocycles. The van der Waals surface area contributed by atoms with Crippen LogP contribution in [0.4, 0.5) is 4.39 Å². The third-order valence-corrected chi connectivity index (χ3v) is 9.20. The highest BCUT2D eigenvalue weighted by atomic mass is 32.2. The van der Waals surface area contributed by atoms with Gasteiger partial charge in [-0.2, -0.15) is 4.31 Å². The van der Waals surface area contributed by atoms with Gasteiger partial charge in [0, 0.05) is 37.7 Å². The number of carbonyl (C=O) groups is 1. The summed E-state index contributed by atoms with van der Waals surface area (Å²) >= 11 is 1.62. The Balaban J connectivity index is 1.56. The molecular weight excluding hydrogens is 515 g/mol. The van der Waals surface area contributed by atoms with Gasteiger partial charge in [-0.1, -0.05) is 23.8 Å². The molecule has 1 amide bonds. The zero-order valence-electron chi connectivity index (χ0n) is 20.9. The van der Waals surface area contributed by atoms with Crippen molar-refractivity contribution in [2.45, 2.75) is 30.7 Å². The highest BCUT2D eigenvalue weighted by Gasteiger charge is 2.35. The molecule has 0 saturated heterocycles. The van der Waals surface area contributed by atoms with Crippen LogP contribution in [0.3, 0.4) is 0 Å². The van der Waals surface area contributed by atoms with Crippen LogP contribution in [-0.4, -0.2) is 63.5 Å². The summed E-state index contributed by atoms with van der Waals surface area (Å²) in [6.45, 7) is 2.69. The molecule has 0 N–H and O–H groups in total. The number of methoxy groups -OCH3 is 1. The Morgan fingerprint density at radius 3 is 2.70 bits per heavy atom. The molecule has 1 aliphatic heterocycles. The Morgan fingerprint density at radius 2 is 1.97 bits per heavy atom. The molecule has 1 atom stereocenters. The normalized spacial score (nSPS) is 15.6. The van der Waals surface area contributed by atoms with E-state index in [0.29, 0.717) is 31.7 Å². The van der Waals surface area contributed by atoms with Gasteiger partial charge in [-0.15, -0.1) is 11.3 Å². The summed E-state index contributed by atoms with van der Waals surface area (Å²) in [5.41, 5.74) is 1.93. The maximum atomic E-state index is 13.7. The van der Waals surface area contributed by atoms with Gasteiger partial charge in [-0.05, 0) is 61.0 Å². The molecule has 0 unspecified atom stereocenters. The smallest absolute Gasteiger partial charge is 0.243 e. The van der Waals surface area contributed by atoms with Crippen molar-refractivity contribution in [1.82, 2.24) is 9.21 Å². The summed E-state index contributed by atoms with van der Waals surface area (Å²) in [4.78, 5) is 16.7. The lowest BCUT2D eigenvalue weighted by molar-refractivity contribution is -0.135. The largest absolute Gasteiger partial charge is 0.491 e. The molecule has 1 aliphatic rings. The lowest BCUT2D eigenvalue weighted by atomic mass is 10.0. The van der Waals surface area contributed by atoms with E-state index in [2.05, 4.69) is 0 Å². The van der Waals surface area contributed by atoms with Gasteiger partial charge in [0.15, 0.2) is 0 Å². The van der Waals surface area contributed by atoms with E-state index < -0.39 is 21.9 Å². The number of benzene rings is 2. The fourth-order valence-corrected chi connectivity index (χ4v) is 6.73. The second-order valence-corrected chi connectivity index (χ2v) is 11.9. The summed E-state index contributed by atoms with van der Waals surface area (Å²) in [6, 6.07) is 14.0. The van der Waals surface area contributed by atoms with E-state index in [1.54, 1.807) is 59.7 Å². The third kappa shape index (κ3) is 6.56. The molecule has 0 aliphatic carbocycles. The average molecular weight is 547 g/mol. The molecule has 0 saturated carbocycles. The summed E-state index contributed by atoms with van der Waals surface area (Å²) in [5, 5.41) is 1.98. The van der Waals surface area contributed by atoms with Crippen molar-refractivity contribution in [2.24, 2.45) is 0 Å². The Hall–Kier alpha value is -2.79. The minimum Gasteiger partial charge on any atom is -0.491 e. The maximum Gasteiger partial charge on any atom is 0.243 e. The van der Waals surface area contributed by atoms with Gasteiger partial charge in [-0.25, -0.2) is 12.8 Å². The van der Waals surface area contributed by atoms with Crippen molar-refractivity contribution in [3.63, 3.8) is 0 Å². The van der Waals surface area contributed by atoms with E-state index in [9.17, 15) is 17.6 Å². The maximum absolute atomic E-state index is 13.7. The number of rotatable bonds is 11. The standard InChI is InChI=1S/C27H31FN2O5S2/c1-20-7-9-23(10-8-20)37(32,33)29(13-4-15-34-2)18-27(31)30-14-11-26-24(12-16-36-26)25(30)19-35-22-6-3-5-21(28)17-22/h3,5-10,12,16-17,25H,4,11,13-15,18-19H2,1-2H3/t25-/m1/s1. The van der Waals surface area contributed by atoms with Crippen LogP contribution in [0.5, 0.6) is 5.75 Å². The Labute approximate surface area is 221 Å². The lowest BCUT2D eigenvalue weighted by Crippen LogP contribution is -2.48. The fraction of sp³-hybridized carbons (Fsp3) is 0.370. The van der Waals surface area contributed by atoms with E-state index in [1.807, 2.05) is 18.4 Å². The third-order valence-electron chi connectivity index (χ3n) is 6.35. The number of carbonyl (C=O) groups excluding carboxylic acids is 1. The van der Waals surface area contributed by atoms with E-state index in [-0.39, 0.29) is 30.5 Å². The number of ether oxygens (including phenoxy) is 2. The Kier molecular flexibility index (Phi) is 8.96. The second-order valence-electron chi connectivity index (χ2n) is 8.92. The van der Waals surface area contributed by atoms with Crippen molar-refractivity contribution < 1.29 is 27.1 Å². The molecule has 0 bridgehead atoms. The number of thiophene rings is 1. The van der Waals surface area contributed by atoms with Crippen molar-refractivity contribution in [3.8, 4) is 5.75 Å². The molecule has 0 spiro atoms. The summed E-state index contributed by atoms with van der Waals surface area (Å²) in [7, 11) is -2.34. The number of nitrogens with zero attached hydrogens (tertiary/aromatic N) is 2. The Bertz CT molecular complexity index is 1310.